The zero-order valence-electron chi connectivity index (χ0n) is 13.9. The molecule has 0 atom stereocenters. The molecule has 18 heavy (non-hydrogen) atoms. The van der Waals surface area contributed by atoms with Gasteiger partial charge < -0.3 is 0 Å². The normalized spacial score (nSPS) is 12.8. The van der Waals surface area contributed by atoms with Crippen molar-refractivity contribution in [3.05, 3.63) is 11.0 Å². The first kappa shape index (κ1) is 18.8. The predicted octanol–water partition coefficient (Wildman–Crippen LogP) is 6.49. The molecule has 0 radical (unpaired) electrons. The van der Waals surface area contributed by atoms with E-state index >= 15 is 0 Å². The summed E-state index contributed by atoms with van der Waals surface area (Å²) < 4.78 is 1.74. The SMILES string of the molecule is C=[C](C[CH2][Ge]([CH2]C)([CH2]C)[CH2]C)[Ge]([CH2]C)([CH2]C)[CH2]C. The Hall–Kier alpha value is 0.826. The maximum atomic E-state index is 4.56. The van der Waals surface area contributed by atoms with Crippen LogP contribution in [0, 0.1) is 0 Å². The quantitative estimate of drug-likeness (QED) is 0.384. The van der Waals surface area contributed by atoms with Crippen molar-refractivity contribution >= 4 is 26.5 Å². The molecular formula is C16H36Ge2. The molecule has 0 aromatic rings. The zero-order chi connectivity index (χ0) is 14.2. The molecular weight excluding hydrogens is 337 g/mol. The fourth-order valence-electron chi connectivity index (χ4n) is 3.46. The molecule has 0 N–H and O–H groups in total. The molecule has 0 aliphatic carbocycles. The van der Waals surface area contributed by atoms with Gasteiger partial charge in [-0.05, 0) is 0 Å². The topological polar surface area (TPSA) is 0 Å². The molecule has 0 nitrogen and oxygen atoms in total. The predicted molar refractivity (Wildman–Crippen MR) is 93.0 cm³/mol. The third-order valence-electron chi connectivity index (χ3n) is 5.99. The molecule has 0 fully saturated rings. The summed E-state index contributed by atoms with van der Waals surface area (Å²) in [4.78, 5) is 0. The van der Waals surface area contributed by atoms with Crippen LogP contribution in [0.1, 0.15) is 48.0 Å². The molecule has 0 heterocycles. The van der Waals surface area contributed by atoms with Crippen molar-refractivity contribution in [3.63, 3.8) is 0 Å². The third kappa shape index (κ3) is 4.43. The molecule has 0 bridgehead atoms. The number of hydrogen-bond donors (Lipinski definition) is 0. The summed E-state index contributed by atoms with van der Waals surface area (Å²) in [6, 6.07) is 0. The second-order valence-electron chi connectivity index (χ2n) is 6.01. The van der Waals surface area contributed by atoms with Crippen LogP contribution >= 0.6 is 0 Å². The van der Waals surface area contributed by atoms with E-state index in [1.54, 1.807) is 9.66 Å². The number of rotatable bonds is 10. The fraction of sp³-hybridized carbons (Fsp3) is 0.875. The molecule has 2 heteroatoms. The van der Waals surface area contributed by atoms with Gasteiger partial charge in [-0.25, -0.2) is 0 Å². The third-order valence-corrected chi connectivity index (χ3v) is 30.4. The van der Waals surface area contributed by atoms with Crippen LogP contribution in [0.15, 0.2) is 11.0 Å². The Balaban J connectivity index is 4.66. The van der Waals surface area contributed by atoms with Gasteiger partial charge in [-0.3, -0.25) is 0 Å². The van der Waals surface area contributed by atoms with E-state index in [2.05, 4.69) is 48.1 Å². The molecule has 108 valence electrons. The average Bonchev–Trinajstić information content (AvgIpc) is 2.43. The summed E-state index contributed by atoms with van der Waals surface area (Å²) >= 11 is -3.13. The Morgan fingerprint density at radius 2 is 1.11 bits per heavy atom. The molecule has 0 rings (SSSR count). The van der Waals surface area contributed by atoms with E-state index in [0.29, 0.717) is 0 Å². The van der Waals surface area contributed by atoms with Crippen LogP contribution in [0.2, 0.25) is 36.8 Å². The van der Waals surface area contributed by atoms with Crippen LogP contribution in [-0.2, 0) is 0 Å². The van der Waals surface area contributed by atoms with E-state index in [9.17, 15) is 0 Å². The fourth-order valence-corrected chi connectivity index (χ4v) is 19.3. The molecule has 0 aliphatic rings. The molecule has 0 aliphatic heterocycles. The first-order valence-electron chi connectivity index (χ1n) is 8.17. The van der Waals surface area contributed by atoms with Gasteiger partial charge in [0.1, 0.15) is 0 Å². The molecule has 0 spiro atoms. The standard InChI is InChI=1S/C16H36Ge2/c1-8-17(9-2,10-3)15-14-16(7)18(11-4,12-5)13-6/h7-15H2,1-6H3. The van der Waals surface area contributed by atoms with Gasteiger partial charge in [0.25, 0.3) is 0 Å². The molecule has 0 amide bonds. The summed E-state index contributed by atoms with van der Waals surface area (Å²) in [6.07, 6.45) is 1.39. The van der Waals surface area contributed by atoms with Crippen LogP contribution < -0.4 is 0 Å². The summed E-state index contributed by atoms with van der Waals surface area (Å²) in [7, 11) is 0. The van der Waals surface area contributed by atoms with Crippen molar-refractivity contribution in [2.45, 2.75) is 84.7 Å². The van der Waals surface area contributed by atoms with Gasteiger partial charge >= 0.3 is 122 Å². The van der Waals surface area contributed by atoms with Crippen molar-refractivity contribution in [2.24, 2.45) is 0 Å². The van der Waals surface area contributed by atoms with E-state index in [1.807, 2.05) is 0 Å². The maximum absolute atomic E-state index is 4.56. The van der Waals surface area contributed by atoms with Gasteiger partial charge in [0, 0.05) is 0 Å². The Kier molecular flexibility index (Phi) is 9.30. The van der Waals surface area contributed by atoms with Gasteiger partial charge in [0.05, 0.1) is 0 Å². The van der Waals surface area contributed by atoms with E-state index in [0.717, 1.165) is 0 Å². The zero-order valence-corrected chi connectivity index (χ0v) is 18.1. The average molecular weight is 374 g/mol. The van der Waals surface area contributed by atoms with E-state index < -0.39 is 26.5 Å². The van der Waals surface area contributed by atoms with Crippen LogP contribution in [-0.4, -0.2) is 26.5 Å². The Morgan fingerprint density at radius 1 is 0.722 bits per heavy atom. The Bertz CT molecular complexity index is 221. The summed E-state index contributed by atoms with van der Waals surface area (Å²) in [5.74, 6) is 0. The first-order valence-corrected chi connectivity index (χ1v) is 19.6. The van der Waals surface area contributed by atoms with Gasteiger partial charge in [-0.15, -0.1) is 0 Å². The van der Waals surface area contributed by atoms with Gasteiger partial charge in [0.2, 0.25) is 0 Å². The van der Waals surface area contributed by atoms with Crippen molar-refractivity contribution in [3.8, 4) is 0 Å². The van der Waals surface area contributed by atoms with E-state index in [1.165, 1.54) is 37.9 Å². The monoisotopic (exact) mass is 376 g/mol. The molecule has 0 saturated carbocycles. The van der Waals surface area contributed by atoms with Crippen LogP contribution in [0.5, 0.6) is 0 Å². The molecule has 0 aromatic carbocycles. The first-order chi connectivity index (χ1) is 8.49. The minimum atomic E-state index is -1.67. The summed E-state index contributed by atoms with van der Waals surface area (Å²) in [6.45, 7) is 19.2. The second-order valence-corrected chi connectivity index (χ2v) is 29.1. The minimum absolute atomic E-state index is 1.39. The Labute approximate surface area is 122 Å². The van der Waals surface area contributed by atoms with Gasteiger partial charge in [-0.2, -0.15) is 0 Å². The summed E-state index contributed by atoms with van der Waals surface area (Å²) in [5, 5.41) is 10.5. The number of allylic oxidation sites excluding steroid dienone is 1. The van der Waals surface area contributed by atoms with Crippen molar-refractivity contribution in [2.75, 3.05) is 0 Å². The molecule has 0 aromatic heterocycles. The van der Waals surface area contributed by atoms with Gasteiger partial charge in [-0.1, -0.05) is 0 Å². The van der Waals surface area contributed by atoms with Crippen LogP contribution in [0.3, 0.4) is 0 Å². The summed E-state index contributed by atoms with van der Waals surface area (Å²) in [5.41, 5.74) is 0. The van der Waals surface area contributed by atoms with Crippen LogP contribution in [0.25, 0.3) is 0 Å². The van der Waals surface area contributed by atoms with E-state index in [4.69, 9.17) is 0 Å². The van der Waals surface area contributed by atoms with Crippen molar-refractivity contribution in [1.82, 2.24) is 0 Å². The van der Waals surface area contributed by atoms with Crippen molar-refractivity contribution < 1.29 is 0 Å². The van der Waals surface area contributed by atoms with Gasteiger partial charge in [0.15, 0.2) is 0 Å². The number of hydrogen-bond acceptors (Lipinski definition) is 0. The molecule has 0 unspecified atom stereocenters. The Morgan fingerprint density at radius 3 is 1.39 bits per heavy atom. The van der Waals surface area contributed by atoms with Crippen molar-refractivity contribution in [1.29, 1.82) is 0 Å². The molecule has 0 saturated heterocycles. The van der Waals surface area contributed by atoms with Crippen LogP contribution in [0.4, 0.5) is 0 Å². The second kappa shape index (κ2) is 8.89. The van der Waals surface area contributed by atoms with E-state index in [-0.39, 0.29) is 0 Å².